The molecule has 0 aliphatic carbocycles. The van der Waals surface area contributed by atoms with Gasteiger partial charge in [0.25, 0.3) is 0 Å². The van der Waals surface area contributed by atoms with E-state index in [1.165, 1.54) is 0 Å². The van der Waals surface area contributed by atoms with Gasteiger partial charge in [0.1, 0.15) is 12.1 Å². The fourth-order valence-corrected chi connectivity index (χ4v) is 0.789. The van der Waals surface area contributed by atoms with Gasteiger partial charge in [0.2, 0.25) is 0 Å². The second-order valence-electron chi connectivity index (χ2n) is 2.22. The Bertz CT molecular complexity index is 230. The van der Waals surface area contributed by atoms with Crippen LogP contribution >= 0.6 is 7.82 Å². The molecule has 14 heavy (non-hydrogen) atoms. The fourth-order valence-electron chi connectivity index (χ4n) is 0.442. The van der Waals surface area contributed by atoms with Crippen LogP contribution in [0.2, 0.25) is 0 Å². The Morgan fingerprint density at radius 2 is 1.93 bits per heavy atom. The molecular weight excluding hydrogens is 228 g/mol. The molecule has 0 saturated carbocycles. The van der Waals surface area contributed by atoms with Gasteiger partial charge in [0.05, 0.1) is 6.61 Å². The Morgan fingerprint density at radius 1 is 1.50 bits per heavy atom. The molecule has 8 nitrogen and oxygen atoms in total. The molecule has 0 spiro atoms. The SMILES string of the molecule is N[C@H](C(=O)O)[C@H](O)COP(=O)(O)O.[NaH]. The molecule has 80 valence electrons. The molecule has 6 N–H and O–H groups in total. The number of carboxylic acid groups (broad SMARTS) is 1. The second kappa shape index (κ2) is 6.89. The Labute approximate surface area is 102 Å². The van der Waals surface area contributed by atoms with E-state index in [1.54, 1.807) is 0 Å². The molecule has 0 aromatic rings. The first-order valence-electron chi connectivity index (χ1n) is 3.10. The second-order valence-corrected chi connectivity index (χ2v) is 3.46. The molecule has 0 aromatic heterocycles. The van der Waals surface area contributed by atoms with Gasteiger partial charge in [-0.15, -0.1) is 0 Å². The van der Waals surface area contributed by atoms with Crippen LogP contribution < -0.4 is 5.73 Å². The van der Waals surface area contributed by atoms with Crippen molar-refractivity contribution in [3.63, 3.8) is 0 Å². The van der Waals surface area contributed by atoms with Crippen LogP contribution in [0.1, 0.15) is 0 Å². The first kappa shape index (κ1) is 16.9. The Morgan fingerprint density at radius 3 is 2.21 bits per heavy atom. The van der Waals surface area contributed by atoms with E-state index in [2.05, 4.69) is 4.52 Å². The van der Waals surface area contributed by atoms with E-state index in [0.29, 0.717) is 0 Å². The quantitative estimate of drug-likeness (QED) is 0.255. The maximum atomic E-state index is 10.1. The number of aliphatic hydroxyl groups is 1. The summed E-state index contributed by atoms with van der Waals surface area (Å²) in [6.45, 7) is -0.836. The average Bonchev–Trinajstić information content (AvgIpc) is 1.97. The van der Waals surface area contributed by atoms with Gasteiger partial charge >= 0.3 is 43.3 Å². The van der Waals surface area contributed by atoms with Gasteiger partial charge in [0, 0.05) is 0 Å². The van der Waals surface area contributed by atoms with E-state index in [0.717, 1.165) is 0 Å². The molecule has 0 radical (unpaired) electrons. The summed E-state index contributed by atoms with van der Waals surface area (Å²) in [5, 5.41) is 17.1. The summed E-state index contributed by atoms with van der Waals surface area (Å²) in [5.74, 6) is -1.48. The number of hydrogen-bond acceptors (Lipinski definition) is 5. The third kappa shape index (κ3) is 7.86. The summed E-state index contributed by atoms with van der Waals surface area (Å²) in [6.07, 6.45) is -1.66. The Balaban J connectivity index is 0. The van der Waals surface area contributed by atoms with Crippen LogP contribution in [-0.2, 0) is 13.9 Å². The minimum absolute atomic E-state index is 0. The zero-order chi connectivity index (χ0) is 10.6. The van der Waals surface area contributed by atoms with E-state index >= 15 is 0 Å². The summed E-state index contributed by atoms with van der Waals surface area (Å²) < 4.78 is 13.9. The van der Waals surface area contributed by atoms with Crippen LogP contribution in [0.25, 0.3) is 0 Å². The summed E-state index contributed by atoms with van der Waals surface area (Å²) in [6, 6.07) is -1.63. The van der Waals surface area contributed by atoms with Crippen molar-refractivity contribution in [2.45, 2.75) is 12.1 Å². The number of rotatable bonds is 5. The molecule has 0 aromatic carbocycles. The number of nitrogens with two attached hydrogens (primary N) is 1. The Kier molecular flexibility index (Phi) is 8.32. The average molecular weight is 239 g/mol. The van der Waals surface area contributed by atoms with E-state index in [4.69, 9.17) is 25.7 Å². The molecule has 10 heteroatoms. The van der Waals surface area contributed by atoms with Crippen LogP contribution in [0.3, 0.4) is 0 Å². The zero-order valence-corrected chi connectivity index (χ0v) is 7.29. The van der Waals surface area contributed by atoms with Crippen molar-refractivity contribution in [3.05, 3.63) is 0 Å². The molecular formula is C4H11NNaO7P. The van der Waals surface area contributed by atoms with Crippen molar-refractivity contribution < 1.29 is 33.9 Å². The topological polar surface area (TPSA) is 150 Å². The first-order chi connectivity index (χ1) is 5.74. The molecule has 0 fully saturated rings. The van der Waals surface area contributed by atoms with E-state index in [-0.39, 0.29) is 29.6 Å². The van der Waals surface area contributed by atoms with Crippen molar-refractivity contribution in [2.24, 2.45) is 5.73 Å². The van der Waals surface area contributed by atoms with Gasteiger partial charge in [0.15, 0.2) is 0 Å². The molecule has 0 saturated heterocycles. The molecule has 0 aliphatic rings. The maximum absolute atomic E-state index is 10.1. The van der Waals surface area contributed by atoms with Crippen LogP contribution in [0, 0.1) is 0 Å². The first-order valence-corrected chi connectivity index (χ1v) is 4.63. The Hall–Kier alpha value is 0.500. The van der Waals surface area contributed by atoms with Crippen molar-refractivity contribution in [3.8, 4) is 0 Å². The van der Waals surface area contributed by atoms with Crippen LogP contribution in [-0.4, -0.2) is 74.3 Å². The van der Waals surface area contributed by atoms with Crippen molar-refractivity contribution in [1.29, 1.82) is 0 Å². The molecule has 0 bridgehead atoms. The van der Waals surface area contributed by atoms with Crippen molar-refractivity contribution in [1.82, 2.24) is 0 Å². The predicted octanol–water partition coefficient (Wildman–Crippen LogP) is -2.78. The normalized spacial score (nSPS) is 15.4. The number of hydrogen-bond donors (Lipinski definition) is 5. The van der Waals surface area contributed by atoms with Crippen LogP contribution in [0.4, 0.5) is 0 Å². The number of aliphatic carboxylic acids is 1. The predicted molar refractivity (Wildman–Crippen MR) is 46.8 cm³/mol. The molecule has 0 aliphatic heterocycles. The number of carboxylic acids is 1. The van der Waals surface area contributed by atoms with Gasteiger partial charge < -0.3 is 25.7 Å². The van der Waals surface area contributed by atoms with Gasteiger partial charge in [-0.2, -0.15) is 0 Å². The molecule has 2 atom stereocenters. The summed E-state index contributed by atoms with van der Waals surface area (Å²) in [5.41, 5.74) is 4.91. The van der Waals surface area contributed by atoms with Crippen molar-refractivity contribution in [2.75, 3.05) is 6.61 Å². The van der Waals surface area contributed by atoms with Crippen molar-refractivity contribution >= 4 is 43.3 Å². The fraction of sp³-hybridized carbons (Fsp3) is 0.750. The van der Waals surface area contributed by atoms with Gasteiger partial charge in [-0.1, -0.05) is 0 Å². The summed E-state index contributed by atoms with van der Waals surface area (Å²) in [7, 11) is -4.70. The van der Waals surface area contributed by atoms with Gasteiger partial charge in [-0.3, -0.25) is 9.32 Å². The molecule has 0 unspecified atom stereocenters. The number of phosphoric ester groups is 1. The molecule has 0 heterocycles. The van der Waals surface area contributed by atoms with Crippen LogP contribution in [0.15, 0.2) is 0 Å². The van der Waals surface area contributed by atoms with Gasteiger partial charge in [-0.25, -0.2) is 4.57 Å². The van der Waals surface area contributed by atoms with Crippen LogP contribution in [0.5, 0.6) is 0 Å². The number of carbonyl (C=O) groups is 1. The van der Waals surface area contributed by atoms with E-state index in [1.807, 2.05) is 0 Å². The number of phosphoric acid groups is 1. The monoisotopic (exact) mass is 239 g/mol. The molecule has 0 rings (SSSR count). The third-order valence-corrected chi connectivity index (χ3v) is 1.60. The third-order valence-electron chi connectivity index (χ3n) is 1.11. The van der Waals surface area contributed by atoms with E-state index in [9.17, 15) is 9.36 Å². The zero-order valence-electron chi connectivity index (χ0n) is 6.40. The van der Waals surface area contributed by atoms with Gasteiger partial charge in [-0.05, 0) is 0 Å². The number of aliphatic hydroxyl groups excluding tert-OH is 1. The minimum atomic E-state index is -4.70. The summed E-state index contributed by atoms with van der Waals surface area (Å²) in [4.78, 5) is 26.5. The summed E-state index contributed by atoms with van der Waals surface area (Å²) >= 11 is 0. The van der Waals surface area contributed by atoms with E-state index < -0.39 is 32.5 Å². The molecule has 0 amide bonds. The standard InChI is InChI=1S/C4H10NO7P.Na.H/c5-3(4(7)8)2(6)1-12-13(9,10)11;;/h2-3,6H,1,5H2,(H,7,8)(H2,9,10,11);;/t2-,3+;;/m1../s1.